The van der Waals surface area contributed by atoms with Crippen molar-refractivity contribution in [1.29, 1.82) is 0 Å². The Hall–Kier alpha value is -1.42. The Bertz CT molecular complexity index is 447. The van der Waals surface area contributed by atoms with Gasteiger partial charge in [-0.15, -0.1) is 0 Å². The van der Waals surface area contributed by atoms with Crippen LogP contribution in [0.4, 0.5) is 4.39 Å². The zero-order chi connectivity index (χ0) is 13.1. The molecule has 0 aliphatic carbocycles. The number of amides is 1. The highest BCUT2D eigenvalue weighted by Gasteiger charge is 2.27. The van der Waals surface area contributed by atoms with Gasteiger partial charge in [0.1, 0.15) is 5.82 Å². The predicted molar refractivity (Wildman–Crippen MR) is 69.1 cm³/mol. The Morgan fingerprint density at radius 1 is 1.56 bits per heavy atom. The van der Waals surface area contributed by atoms with Crippen molar-refractivity contribution >= 4 is 5.91 Å². The van der Waals surface area contributed by atoms with E-state index in [0.717, 1.165) is 31.6 Å². The predicted octanol–water partition coefficient (Wildman–Crippen LogP) is 1.82. The van der Waals surface area contributed by atoms with E-state index in [-0.39, 0.29) is 11.7 Å². The van der Waals surface area contributed by atoms with E-state index in [1.54, 1.807) is 6.07 Å². The summed E-state index contributed by atoms with van der Waals surface area (Å²) in [6.07, 6.45) is 1.01. The number of hydrogen-bond acceptors (Lipinski definition) is 2. The van der Waals surface area contributed by atoms with Crippen LogP contribution >= 0.6 is 0 Å². The van der Waals surface area contributed by atoms with Crippen molar-refractivity contribution in [3.63, 3.8) is 0 Å². The van der Waals surface area contributed by atoms with Gasteiger partial charge in [0.05, 0.1) is 0 Å². The van der Waals surface area contributed by atoms with Gasteiger partial charge in [-0.3, -0.25) is 4.79 Å². The maximum absolute atomic E-state index is 13.2. The topological polar surface area (TPSA) is 32.3 Å². The lowest BCUT2D eigenvalue weighted by atomic mass is 10.1. The molecule has 1 amide bonds. The first kappa shape index (κ1) is 13.0. The molecule has 1 heterocycles. The van der Waals surface area contributed by atoms with Gasteiger partial charge < -0.3 is 10.2 Å². The molecule has 1 saturated heterocycles. The highest BCUT2D eigenvalue weighted by Crippen LogP contribution is 2.20. The molecule has 1 aromatic rings. The lowest BCUT2D eigenvalue weighted by molar-refractivity contribution is 0.0786. The quantitative estimate of drug-likeness (QED) is 0.887. The normalized spacial score (nSPS) is 19.3. The maximum atomic E-state index is 13.2. The van der Waals surface area contributed by atoms with Crippen LogP contribution in [0, 0.1) is 18.7 Å². The van der Waals surface area contributed by atoms with Crippen LogP contribution in [-0.2, 0) is 0 Å². The van der Waals surface area contributed by atoms with Gasteiger partial charge in [0.15, 0.2) is 0 Å². The fourth-order valence-electron chi connectivity index (χ4n) is 2.47. The number of aryl methyl sites for hydroxylation is 1. The van der Waals surface area contributed by atoms with E-state index in [4.69, 9.17) is 0 Å². The fourth-order valence-corrected chi connectivity index (χ4v) is 2.47. The van der Waals surface area contributed by atoms with Gasteiger partial charge in [-0.2, -0.15) is 0 Å². The number of nitrogens with one attached hydrogen (secondary N) is 1. The molecule has 4 heteroatoms. The summed E-state index contributed by atoms with van der Waals surface area (Å²) in [4.78, 5) is 14.1. The number of nitrogens with zero attached hydrogens (tertiary/aromatic N) is 1. The van der Waals surface area contributed by atoms with Crippen LogP contribution in [0.25, 0.3) is 0 Å². The Balaban J connectivity index is 2.10. The smallest absolute Gasteiger partial charge is 0.254 e. The second-order valence-electron chi connectivity index (χ2n) is 4.92. The van der Waals surface area contributed by atoms with E-state index in [1.165, 1.54) is 12.1 Å². The van der Waals surface area contributed by atoms with Gasteiger partial charge in [0.2, 0.25) is 0 Å². The van der Waals surface area contributed by atoms with Gasteiger partial charge in [0.25, 0.3) is 5.91 Å². The maximum Gasteiger partial charge on any atom is 0.254 e. The van der Waals surface area contributed by atoms with Crippen molar-refractivity contribution in [3.8, 4) is 0 Å². The summed E-state index contributed by atoms with van der Waals surface area (Å²) < 4.78 is 13.2. The Kier molecular flexibility index (Phi) is 3.97. The summed E-state index contributed by atoms with van der Waals surface area (Å²) in [7, 11) is 1.92. The molecule has 0 bridgehead atoms. The molecule has 0 unspecified atom stereocenters. The first-order chi connectivity index (χ1) is 8.61. The second kappa shape index (κ2) is 5.48. The van der Waals surface area contributed by atoms with Crippen molar-refractivity contribution in [1.82, 2.24) is 10.2 Å². The molecule has 1 aromatic carbocycles. The van der Waals surface area contributed by atoms with Crippen molar-refractivity contribution in [2.45, 2.75) is 13.3 Å². The van der Waals surface area contributed by atoms with Crippen LogP contribution in [-0.4, -0.2) is 37.5 Å². The number of likely N-dealkylation sites (tertiary alicyclic amines) is 1. The summed E-state index contributed by atoms with van der Waals surface area (Å²) in [5.41, 5.74) is 1.32. The third-order valence-corrected chi connectivity index (χ3v) is 3.50. The molecule has 1 atom stereocenters. The van der Waals surface area contributed by atoms with E-state index in [2.05, 4.69) is 5.32 Å². The van der Waals surface area contributed by atoms with Gasteiger partial charge in [-0.1, -0.05) is 6.07 Å². The van der Waals surface area contributed by atoms with E-state index in [9.17, 15) is 9.18 Å². The monoisotopic (exact) mass is 250 g/mol. The molecule has 0 aromatic heterocycles. The molecule has 1 aliphatic heterocycles. The number of carbonyl (C=O) groups is 1. The summed E-state index contributed by atoms with van der Waals surface area (Å²) in [6.45, 7) is 4.29. The summed E-state index contributed by atoms with van der Waals surface area (Å²) >= 11 is 0. The molecule has 0 spiro atoms. The summed E-state index contributed by atoms with van der Waals surface area (Å²) in [5, 5.41) is 3.13. The minimum absolute atomic E-state index is 0.0504. The van der Waals surface area contributed by atoms with Crippen LogP contribution in [0.15, 0.2) is 18.2 Å². The third kappa shape index (κ3) is 2.70. The molecular formula is C14H19FN2O. The average molecular weight is 250 g/mol. The van der Waals surface area contributed by atoms with Crippen molar-refractivity contribution in [3.05, 3.63) is 35.1 Å². The molecule has 0 saturated carbocycles. The lowest BCUT2D eigenvalue weighted by Gasteiger charge is -2.18. The minimum Gasteiger partial charge on any atom is -0.338 e. The molecule has 1 N–H and O–H groups in total. The molecule has 3 nitrogen and oxygen atoms in total. The van der Waals surface area contributed by atoms with Crippen molar-refractivity contribution < 1.29 is 9.18 Å². The molecule has 1 aliphatic rings. The zero-order valence-corrected chi connectivity index (χ0v) is 10.9. The second-order valence-corrected chi connectivity index (χ2v) is 4.92. The Morgan fingerprint density at radius 3 is 3.06 bits per heavy atom. The van der Waals surface area contributed by atoms with Gasteiger partial charge in [0, 0.05) is 18.7 Å². The van der Waals surface area contributed by atoms with Crippen molar-refractivity contribution in [2.24, 2.45) is 5.92 Å². The van der Waals surface area contributed by atoms with Crippen LogP contribution in [0.2, 0.25) is 0 Å². The van der Waals surface area contributed by atoms with Gasteiger partial charge in [-0.05, 0) is 50.6 Å². The number of carbonyl (C=O) groups excluding carboxylic acids is 1. The molecule has 2 rings (SSSR count). The first-order valence-corrected chi connectivity index (χ1v) is 6.32. The standard InChI is InChI=1S/C14H19FN2O/c1-10-3-4-12(15)7-13(10)14(18)17-6-5-11(9-17)8-16-2/h3-4,7,11,16H,5-6,8-9H2,1-2H3/t11-/m0/s1. The minimum atomic E-state index is -0.352. The Morgan fingerprint density at radius 2 is 2.33 bits per heavy atom. The Labute approximate surface area is 107 Å². The molecule has 0 radical (unpaired) electrons. The third-order valence-electron chi connectivity index (χ3n) is 3.50. The molecule has 1 fully saturated rings. The van der Waals surface area contributed by atoms with Crippen LogP contribution in [0.3, 0.4) is 0 Å². The van der Waals surface area contributed by atoms with Crippen LogP contribution < -0.4 is 5.32 Å². The number of hydrogen-bond donors (Lipinski definition) is 1. The summed E-state index contributed by atoms with van der Waals surface area (Å²) in [6, 6.07) is 4.38. The fraction of sp³-hybridized carbons (Fsp3) is 0.500. The highest BCUT2D eigenvalue weighted by atomic mass is 19.1. The van der Waals surface area contributed by atoms with E-state index < -0.39 is 0 Å². The average Bonchev–Trinajstić information content (AvgIpc) is 2.80. The van der Waals surface area contributed by atoms with E-state index >= 15 is 0 Å². The SMILES string of the molecule is CNC[C@@H]1CCN(C(=O)c2cc(F)ccc2C)C1. The largest absolute Gasteiger partial charge is 0.338 e. The van der Waals surface area contributed by atoms with Crippen LogP contribution in [0.1, 0.15) is 22.3 Å². The number of rotatable bonds is 3. The van der Waals surface area contributed by atoms with E-state index in [1.807, 2.05) is 18.9 Å². The molecule has 98 valence electrons. The highest BCUT2D eigenvalue weighted by molar-refractivity contribution is 5.95. The van der Waals surface area contributed by atoms with Crippen molar-refractivity contribution in [2.75, 3.05) is 26.7 Å². The molecule has 18 heavy (non-hydrogen) atoms. The first-order valence-electron chi connectivity index (χ1n) is 6.32. The zero-order valence-electron chi connectivity index (χ0n) is 10.9. The number of benzene rings is 1. The van der Waals surface area contributed by atoms with E-state index in [0.29, 0.717) is 11.5 Å². The summed E-state index contributed by atoms with van der Waals surface area (Å²) in [5.74, 6) is 0.105. The van der Waals surface area contributed by atoms with Gasteiger partial charge in [-0.25, -0.2) is 4.39 Å². The molecular weight excluding hydrogens is 231 g/mol. The van der Waals surface area contributed by atoms with Gasteiger partial charge >= 0.3 is 0 Å². The van der Waals surface area contributed by atoms with Crippen LogP contribution in [0.5, 0.6) is 0 Å². The lowest BCUT2D eigenvalue weighted by Crippen LogP contribution is -2.30. The number of halogens is 1.